The highest BCUT2D eigenvalue weighted by molar-refractivity contribution is 5.94. The van der Waals surface area contributed by atoms with Crippen molar-refractivity contribution in [3.05, 3.63) is 35.4 Å². The Hall–Kier alpha value is -1.98. The lowest BCUT2D eigenvalue weighted by atomic mass is 9.96. The van der Waals surface area contributed by atoms with Gasteiger partial charge in [-0.05, 0) is 37.0 Å². The molecule has 0 saturated heterocycles. The molecule has 1 atom stereocenters. The Bertz CT molecular complexity index is 506. The highest BCUT2D eigenvalue weighted by atomic mass is 19.1. The lowest BCUT2D eigenvalue weighted by Crippen LogP contribution is -2.27. The van der Waals surface area contributed by atoms with Crippen molar-refractivity contribution in [3.63, 3.8) is 0 Å². The van der Waals surface area contributed by atoms with E-state index >= 15 is 0 Å². The van der Waals surface area contributed by atoms with E-state index in [1.54, 1.807) is 0 Å². The number of hydrogen-bond donors (Lipinski definition) is 2. The number of rotatable bonds is 8. The molecule has 116 valence electrons. The van der Waals surface area contributed by atoms with Gasteiger partial charge in [-0.3, -0.25) is 9.59 Å². The second-order valence-corrected chi connectivity index (χ2v) is 4.88. The van der Waals surface area contributed by atoms with Crippen molar-refractivity contribution in [1.29, 1.82) is 0 Å². The number of carbonyl (C=O) groups excluding carboxylic acids is 1. The van der Waals surface area contributed by atoms with E-state index in [4.69, 9.17) is 5.11 Å². The van der Waals surface area contributed by atoms with Gasteiger partial charge in [-0.15, -0.1) is 0 Å². The highest BCUT2D eigenvalue weighted by Crippen LogP contribution is 2.15. The molecule has 0 fully saturated rings. The number of carbonyl (C=O) groups is 2. The van der Waals surface area contributed by atoms with Crippen LogP contribution in [0.25, 0.3) is 0 Å². The van der Waals surface area contributed by atoms with E-state index in [1.165, 1.54) is 0 Å². The third-order valence-electron chi connectivity index (χ3n) is 3.35. The first kappa shape index (κ1) is 17.1. The summed E-state index contributed by atoms with van der Waals surface area (Å²) in [6, 6.07) is 2.71. The van der Waals surface area contributed by atoms with Crippen LogP contribution in [0.2, 0.25) is 0 Å². The smallest absolute Gasteiger partial charge is 0.303 e. The largest absolute Gasteiger partial charge is 0.481 e. The van der Waals surface area contributed by atoms with Gasteiger partial charge in [0.1, 0.15) is 11.6 Å². The molecule has 0 aliphatic heterocycles. The summed E-state index contributed by atoms with van der Waals surface area (Å²) in [5.74, 6) is -2.78. The average Bonchev–Trinajstić information content (AvgIpc) is 2.44. The predicted molar refractivity (Wildman–Crippen MR) is 74.0 cm³/mol. The summed E-state index contributed by atoms with van der Waals surface area (Å²) < 4.78 is 26.4. The molecule has 1 amide bonds. The molecule has 2 N–H and O–H groups in total. The first-order chi connectivity index (χ1) is 9.93. The van der Waals surface area contributed by atoms with Crippen molar-refractivity contribution in [2.24, 2.45) is 5.92 Å². The number of aliphatic carboxylic acids is 1. The lowest BCUT2D eigenvalue weighted by Gasteiger charge is -2.14. The molecule has 0 bridgehead atoms. The lowest BCUT2D eigenvalue weighted by molar-refractivity contribution is -0.137. The van der Waals surface area contributed by atoms with E-state index in [1.807, 2.05) is 6.92 Å². The van der Waals surface area contributed by atoms with E-state index in [-0.39, 0.29) is 17.9 Å². The van der Waals surface area contributed by atoms with Crippen molar-refractivity contribution < 1.29 is 23.5 Å². The molecule has 4 nitrogen and oxygen atoms in total. The number of carboxylic acids is 1. The molecule has 0 radical (unpaired) electrons. The molecule has 0 aliphatic rings. The van der Waals surface area contributed by atoms with E-state index in [0.29, 0.717) is 19.4 Å². The Kier molecular flexibility index (Phi) is 6.78. The van der Waals surface area contributed by atoms with Crippen LogP contribution in [0.1, 0.15) is 43.0 Å². The summed E-state index contributed by atoms with van der Waals surface area (Å²) in [5, 5.41) is 11.2. The molecule has 1 aromatic carbocycles. The Balaban J connectivity index is 2.45. The van der Waals surface area contributed by atoms with Gasteiger partial charge < -0.3 is 10.4 Å². The molecule has 0 aliphatic carbocycles. The molecular weight excluding hydrogens is 280 g/mol. The van der Waals surface area contributed by atoms with Crippen molar-refractivity contribution in [1.82, 2.24) is 5.32 Å². The maximum Gasteiger partial charge on any atom is 0.303 e. The summed E-state index contributed by atoms with van der Waals surface area (Å²) in [4.78, 5) is 22.3. The Morgan fingerprint density at radius 3 is 2.62 bits per heavy atom. The van der Waals surface area contributed by atoms with Gasteiger partial charge in [0, 0.05) is 13.0 Å². The van der Waals surface area contributed by atoms with Crippen LogP contribution >= 0.6 is 0 Å². The molecule has 1 unspecified atom stereocenters. The quantitative estimate of drug-likeness (QED) is 0.775. The monoisotopic (exact) mass is 299 g/mol. The van der Waals surface area contributed by atoms with Crippen LogP contribution in [-0.2, 0) is 4.79 Å². The maximum absolute atomic E-state index is 13.4. The van der Waals surface area contributed by atoms with E-state index < -0.39 is 23.5 Å². The van der Waals surface area contributed by atoms with Crippen molar-refractivity contribution in [2.75, 3.05) is 6.54 Å². The molecule has 0 saturated carbocycles. The summed E-state index contributed by atoms with van der Waals surface area (Å²) in [7, 11) is 0. The standard InChI is InChI=1S/C15H19F2NO3/c1-2-10(3-6-14(19)20)7-8-18-15(21)12-9-11(16)4-5-13(12)17/h4-5,9-10H,2-3,6-8H2,1H3,(H,18,21)(H,19,20). The number of hydrogen-bond acceptors (Lipinski definition) is 2. The predicted octanol–water partition coefficient (Wildman–Crippen LogP) is 2.98. The van der Waals surface area contributed by atoms with Gasteiger partial charge in [-0.25, -0.2) is 8.78 Å². The molecule has 6 heteroatoms. The number of halogens is 2. The van der Waals surface area contributed by atoms with Gasteiger partial charge in [0.05, 0.1) is 5.56 Å². The van der Waals surface area contributed by atoms with Crippen LogP contribution < -0.4 is 5.32 Å². The summed E-state index contributed by atoms with van der Waals surface area (Å²) in [6.07, 6.45) is 2.03. The zero-order valence-corrected chi connectivity index (χ0v) is 11.9. The number of amides is 1. The molecule has 21 heavy (non-hydrogen) atoms. The molecule has 1 aromatic rings. The zero-order valence-electron chi connectivity index (χ0n) is 11.9. The molecular formula is C15H19F2NO3. The second-order valence-electron chi connectivity index (χ2n) is 4.88. The average molecular weight is 299 g/mol. The number of benzene rings is 1. The van der Waals surface area contributed by atoms with Crippen molar-refractivity contribution >= 4 is 11.9 Å². The van der Waals surface area contributed by atoms with Crippen LogP contribution in [0.4, 0.5) is 8.78 Å². The summed E-state index contributed by atoms with van der Waals surface area (Å²) in [6.45, 7) is 2.24. The maximum atomic E-state index is 13.4. The van der Waals surface area contributed by atoms with Crippen molar-refractivity contribution in [3.8, 4) is 0 Å². The first-order valence-corrected chi connectivity index (χ1v) is 6.89. The van der Waals surface area contributed by atoms with Gasteiger partial charge >= 0.3 is 5.97 Å². The van der Waals surface area contributed by atoms with Crippen LogP contribution in [0.15, 0.2) is 18.2 Å². The van der Waals surface area contributed by atoms with Gasteiger partial charge in [0.2, 0.25) is 0 Å². The highest BCUT2D eigenvalue weighted by Gasteiger charge is 2.14. The molecule has 0 spiro atoms. The fourth-order valence-corrected chi connectivity index (χ4v) is 2.04. The van der Waals surface area contributed by atoms with Crippen LogP contribution in [-0.4, -0.2) is 23.5 Å². The van der Waals surface area contributed by atoms with Crippen molar-refractivity contribution in [2.45, 2.75) is 32.6 Å². The normalized spacial score (nSPS) is 12.0. The van der Waals surface area contributed by atoms with Gasteiger partial charge in [0.25, 0.3) is 5.91 Å². The van der Waals surface area contributed by atoms with E-state index in [2.05, 4.69) is 5.32 Å². The number of carboxylic acid groups (broad SMARTS) is 1. The topological polar surface area (TPSA) is 66.4 Å². The first-order valence-electron chi connectivity index (χ1n) is 6.89. The number of nitrogens with one attached hydrogen (secondary N) is 1. The fourth-order valence-electron chi connectivity index (χ4n) is 2.04. The third-order valence-corrected chi connectivity index (χ3v) is 3.35. The van der Waals surface area contributed by atoms with Gasteiger partial charge in [0.15, 0.2) is 0 Å². The van der Waals surface area contributed by atoms with Crippen LogP contribution in [0.3, 0.4) is 0 Å². The Morgan fingerprint density at radius 1 is 1.29 bits per heavy atom. The minimum Gasteiger partial charge on any atom is -0.481 e. The zero-order chi connectivity index (χ0) is 15.8. The summed E-state index contributed by atoms with van der Waals surface area (Å²) >= 11 is 0. The fraction of sp³-hybridized carbons (Fsp3) is 0.467. The molecule has 0 aromatic heterocycles. The van der Waals surface area contributed by atoms with Gasteiger partial charge in [-0.1, -0.05) is 13.3 Å². The second kappa shape index (κ2) is 8.34. The minimum atomic E-state index is -0.848. The van der Waals surface area contributed by atoms with Gasteiger partial charge in [-0.2, -0.15) is 0 Å². The summed E-state index contributed by atoms with van der Waals surface area (Å²) in [5.41, 5.74) is -0.325. The molecule has 1 rings (SSSR count). The van der Waals surface area contributed by atoms with E-state index in [0.717, 1.165) is 24.6 Å². The Labute approximate surface area is 122 Å². The molecule has 0 heterocycles. The minimum absolute atomic E-state index is 0.0883. The Morgan fingerprint density at radius 2 is 2.00 bits per heavy atom. The van der Waals surface area contributed by atoms with E-state index in [9.17, 15) is 18.4 Å². The van der Waals surface area contributed by atoms with Crippen LogP contribution in [0, 0.1) is 17.6 Å². The van der Waals surface area contributed by atoms with Crippen LogP contribution in [0.5, 0.6) is 0 Å². The third kappa shape index (κ3) is 5.89. The SMILES string of the molecule is CCC(CCNC(=O)c1cc(F)ccc1F)CCC(=O)O.